The van der Waals surface area contributed by atoms with Gasteiger partial charge in [-0.3, -0.25) is 15.6 Å². The number of halogens is 5. The topological polar surface area (TPSA) is 62.7 Å². The van der Waals surface area contributed by atoms with Crippen LogP contribution in [-0.4, -0.2) is 17.8 Å². The molecular formula is C18H14Cl2F3N3O2. The van der Waals surface area contributed by atoms with E-state index in [1.807, 2.05) is 0 Å². The number of hydrogen-bond donors (Lipinski definition) is 2. The molecule has 0 spiro atoms. The second-order valence-electron chi connectivity index (χ2n) is 6.18. The Hall–Kier alpha value is -2.45. The highest BCUT2D eigenvalue weighted by Gasteiger charge is 2.62. The highest BCUT2D eigenvalue weighted by atomic mass is 35.5. The second-order valence-corrected chi connectivity index (χ2v) is 7.05. The minimum absolute atomic E-state index is 0.0599. The number of rotatable bonds is 4. The van der Waals surface area contributed by atoms with Crippen LogP contribution in [0.3, 0.4) is 0 Å². The third-order valence-electron chi connectivity index (χ3n) is 4.09. The van der Waals surface area contributed by atoms with E-state index in [1.54, 1.807) is 24.3 Å². The van der Waals surface area contributed by atoms with E-state index in [0.29, 0.717) is 11.3 Å². The van der Waals surface area contributed by atoms with Crippen LogP contribution < -0.4 is 10.9 Å². The normalized spacial score (nSPS) is 19.0. The molecule has 2 aromatic rings. The first-order valence-corrected chi connectivity index (χ1v) is 8.78. The van der Waals surface area contributed by atoms with Crippen LogP contribution >= 0.6 is 23.2 Å². The van der Waals surface area contributed by atoms with E-state index in [9.17, 15) is 18.0 Å². The number of anilines is 1. The SMILES string of the molecule is CC(=O)NNc1cccc(C2=NOC(c3cc(Cl)cc(Cl)c3)(C(F)(F)F)C2)c1. The summed E-state index contributed by atoms with van der Waals surface area (Å²) in [7, 11) is 0. The molecule has 0 saturated carbocycles. The number of benzene rings is 2. The van der Waals surface area contributed by atoms with Gasteiger partial charge in [0.2, 0.25) is 5.91 Å². The van der Waals surface area contributed by atoms with Crippen LogP contribution in [0.25, 0.3) is 0 Å². The second kappa shape index (κ2) is 7.52. The van der Waals surface area contributed by atoms with E-state index >= 15 is 0 Å². The van der Waals surface area contributed by atoms with Crippen molar-refractivity contribution in [2.24, 2.45) is 5.16 Å². The van der Waals surface area contributed by atoms with Crippen LogP contribution in [0.5, 0.6) is 0 Å². The third-order valence-corrected chi connectivity index (χ3v) is 4.53. The maximum atomic E-state index is 14.0. The molecule has 0 fully saturated rings. The maximum absolute atomic E-state index is 14.0. The van der Waals surface area contributed by atoms with Crippen molar-refractivity contribution in [3.05, 3.63) is 63.6 Å². The summed E-state index contributed by atoms with van der Waals surface area (Å²) in [6, 6.07) is 10.1. The van der Waals surface area contributed by atoms with Gasteiger partial charge in [-0.1, -0.05) is 40.5 Å². The largest absolute Gasteiger partial charge is 0.435 e. The molecule has 1 amide bonds. The lowest BCUT2D eigenvalue weighted by Gasteiger charge is -2.29. The summed E-state index contributed by atoms with van der Waals surface area (Å²) in [4.78, 5) is 16.0. The molecule has 3 rings (SSSR count). The van der Waals surface area contributed by atoms with Crippen LogP contribution in [0.15, 0.2) is 47.6 Å². The van der Waals surface area contributed by atoms with Gasteiger partial charge in [0.05, 0.1) is 11.4 Å². The highest BCUT2D eigenvalue weighted by molar-refractivity contribution is 6.34. The molecular weight excluding hydrogens is 418 g/mol. The van der Waals surface area contributed by atoms with Crippen molar-refractivity contribution in [1.82, 2.24) is 5.43 Å². The van der Waals surface area contributed by atoms with Crippen LogP contribution in [0.1, 0.15) is 24.5 Å². The number of amides is 1. The van der Waals surface area contributed by atoms with Crippen molar-refractivity contribution in [2.75, 3.05) is 5.43 Å². The lowest BCUT2D eigenvalue weighted by atomic mass is 9.86. The fourth-order valence-electron chi connectivity index (χ4n) is 2.78. The summed E-state index contributed by atoms with van der Waals surface area (Å²) in [5, 5.41) is 3.81. The molecule has 2 N–H and O–H groups in total. The number of hydrazine groups is 1. The summed E-state index contributed by atoms with van der Waals surface area (Å²) in [6.07, 6.45) is -5.32. The molecule has 0 radical (unpaired) electrons. The van der Waals surface area contributed by atoms with Gasteiger partial charge in [-0.25, -0.2) is 0 Å². The van der Waals surface area contributed by atoms with Crippen molar-refractivity contribution in [3.8, 4) is 0 Å². The number of carbonyl (C=O) groups is 1. The Balaban J connectivity index is 1.94. The first-order valence-electron chi connectivity index (χ1n) is 8.02. The summed E-state index contributed by atoms with van der Waals surface area (Å²) in [5.74, 6) is -0.319. The molecule has 10 heteroatoms. The Kier molecular flexibility index (Phi) is 5.45. The molecule has 0 aliphatic carbocycles. The van der Waals surface area contributed by atoms with E-state index in [1.165, 1.54) is 13.0 Å². The van der Waals surface area contributed by atoms with E-state index < -0.39 is 18.2 Å². The van der Waals surface area contributed by atoms with Gasteiger partial charge < -0.3 is 4.84 Å². The Morgan fingerprint density at radius 2 is 1.86 bits per heavy atom. The minimum atomic E-state index is -4.77. The van der Waals surface area contributed by atoms with E-state index in [4.69, 9.17) is 28.0 Å². The Labute approximate surface area is 168 Å². The fourth-order valence-corrected chi connectivity index (χ4v) is 3.31. The molecule has 0 saturated heterocycles. The Bertz CT molecular complexity index is 930. The predicted molar refractivity (Wildman–Crippen MR) is 100 cm³/mol. The first kappa shape index (κ1) is 20.3. The zero-order valence-electron chi connectivity index (χ0n) is 14.4. The molecule has 148 valence electrons. The molecule has 2 aromatic carbocycles. The van der Waals surface area contributed by atoms with Crippen LogP contribution in [0.4, 0.5) is 18.9 Å². The van der Waals surface area contributed by atoms with Crippen LogP contribution in [0, 0.1) is 0 Å². The van der Waals surface area contributed by atoms with E-state index in [2.05, 4.69) is 16.0 Å². The molecule has 1 heterocycles. The van der Waals surface area contributed by atoms with Crippen molar-refractivity contribution in [2.45, 2.75) is 25.1 Å². The van der Waals surface area contributed by atoms with Crippen LogP contribution in [-0.2, 0) is 15.2 Å². The third kappa shape index (κ3) is 4.02. The quantitative estimate of drug-likeness (QED) is 0.666. The van der Waals surface area contributed by atoms with Gasteiger partial charge in [-0.2, -0.15) is 13.2 Å². The average Bonchev–Trinajstić information content (AvgIpc) is 3.06. The zero-order valence-corrected chi connectivity index (χ0v) is 15.9. The first-order chi connectivity index (χ1) is 13.1. The molecule has 0 aromatic heterocycles. The molecule has 1 aliphatic heterocycles. The summed E-state index contributed by atoms with van der Waals surface area (Å²) < 4.78 is 42.0. The van der Waals surface area contributed by atoms with Gasteiger partial charge in [-0.05, 0) is 30.3 Å². The van der Waals surface area contributed by atoms with Crippen LogP contribution in [0.2, 0.25) is 10.0 Å². The molecule has 5 nitrogen and oxygen atoms in total. The molecule has 1 unspecified atom stereocenters. The van der Waals surface area contributed by atoms with Gasteiger partial charge in [0.1, 0.15) is 0 Å². The molecule has 1 atom stereocenters. The monoisotopic (exact) mass is 431 g/mol. The molecule has 1 aliphatic rings. The van der Waals surface area contributed by atoms with Crippen molar-refractivity contribution >= 4 is 40.5 Å². The van der Waals surface area contributed by atoms with Gasteiger partial charge >= 0.3 is 6.18 Å². The lowest BCUT2D eigenvalue weighted by molar-refractivity contribution is -0.275. The minimum Gasteiger partial charge on any atom is -0.374 e. The number of carbonyl (C=O) groups excluding carboxylic acids is 1. The lowest BCUT2D eigenvalue weighted by Crippen LogP contribution is -2.42. The van der Waals surface area contributed by atoms with Gasteiger partial charge in [0.15, 0.2) is 0 Å². The Morgan fingerprint density at radius 3 is 2.46 bits per heavy atom. The molecule has 0 bridgehead atoms. The van der Waals surface area contributed by atoms with E-state index in [-0.39, 0.29) is 27.2 Å². The predicted octanol–water partition coefficient (Wildman–Crippen LogP) is 5.04. The van der Waals surface area contributed by atoms with Crippen molar-refractivity contribution in [3.63, 3.8) is 0 Å². The summed E-state index contributed by atoms with van der Waals surface area (Å²) >= 11 is 11.8. The summed E-state index contributed by atoms with van der Waals surface area (Å²) in [5.41, 5.74) is 3.10. The number of hydrogen-bond acceptors (Lipinski definition) is 4. The highest BCUT2D eigenvalue weighted by Crippen LogP contribution is 2.49. The molecule has 28 heavy (non-hydrogen) atoms. The maximum Gasteiger partial charge on any atom is 0.435 e. The van der Waals surface area contributed by atoms with Gasteiger partial charge in [0.25, 0.3) is 5.60 Å². The average molecular weight is 432 g/mol. The van der Waals surface area contributed by atoms with Gasteiger partial charge in [0, 0.05) is 34.5 Å². The number of nitrogens with zero attached hydrogens (tertiary/aromatic N) is 1. The zero-order chi connectivity index (χ0) is 20.5. The summed E-state index contributed by atoms with van der Waals surface area (Å²) in [6.45, 7) is 1.32. The van der Waals surface area contributed by atoms with Crippen molar-refractivity contribution < 1.29 is 22.8 Å². The van der Waals surface area contributed by atoms with Gasteiger partial charge in [-0.15, -0.1) is 0 Å². The number of alkyl halides is 3. The standard InChI is InChI=1S/C18H14Cl2F3N3O2/c1-10(27)24-25-15-4-2-3-11(5-15)16-9-17(28-26-16,18(21,22)23)12-6-13(19)8-14(20)7-12/h2-8,25H,9H2,1H3,(H,24,27). The van der Waals surface area contributed by atoms with E-state index in [0.717, 1.165) is 12.1 Å². The number of nitrogens with one attached hydrogen (secondary N) is 2. The smallest absolute Gasteiger partial charge is 0.374 e. The fraction of sp³-hybridized carbons (Fsp3) is 0.222. The number of oxime groups is 1. The van der Waals surface area contributed by atoms with Crippen molar-refractivity contribution in [1.29, 1.82) is 0 Å². The Morgan fingerprint density at radius 1 is 1.18 bits per heavy atom.